The quantitative estimate of drug-likeness (QED) is 0.878. The van der Waals surface area contributed by atoms with Crippen LogP contribution < -0.4 is 5.32 Å². The summed E-state index contributed by atoms with van der Waals surface area (Å²) in [5.74, 6) is 2.42. The summed E-state index contributed by atoms with van der Waals surface area (Å²) in [4.78, 5) is 0. The molecule has 0 heterocycles. The van der Waals surface area contributed by atoms with Gasteiger partial charge in [0.1, 0.15) is 6.04 Å². The van der Waals surface area contributed by atoms with Gasteiger partial charge in [-0.1, -0.05) is 30.3 Å². The van der Waals surface area contributed by atoms with E-state index < -0.39 is 0 Å². The number of nitrogens with one attached hydrogen (secondary N) is 1. The second-order valence-electron chi connectivity index (χ2n) is 7.65. The Balaban J connectivity index is 1.57. The Morgan fingerprint density at radius 3 is 2.45 bits per heavy atom. The number of aliphatic hydroxyl groups excluding tert-OH is 1. The third-order valence-electron chi connectivity index (χ3n) is 6.51. The molecule has 2 N–H and O–H groups in total. The van der Waals surface area contributed by atoms with Crippen molar-refractivity contribution in [2.45, 2.75) is 44.2 Å². The third-order valence-corrected chi connectivity index (χ3v) is 6.51. The van der Waals surface area contributed by atoms with Crippen molar-refractivity contribution in [3.63, 3.8) is 0 Å². The highest BCUT2D eigenvalue weighted by atomic mass is 16.3. The average Bonchev–Trinajstić information content (AvgIpc) is 2.94. The fourth-order valence-corrected chi connectivity index (χ4v) is 5.80. The lowest BCUT2D eigenvalue weighted by atomic mass is 9.70. The molecule has 1 aromatic carbocycles. The SMILES string of the molecule is N#C[C@@H](N[C@H](CO)c1ccccc1)C12CC3CC(CC1C3)C2. The second-order valence-corrected chi connectivity index (χ2v) is 7.65. The minimum atomic E-state index is -0.140. The van der Waals surface area contributed by atoms with Crippen molar-refractivity contribution in [3.8, 4) is 6.07 Å². The van der Waals surface area contributed by atoms with Crippen LogP contribution in [0.3, 0.4) is 0 Å². The molecule has 22 heavy (non-hydrogen) atoms. The molecule has 0 radical (unpaired) electrons. The van der Waals surface area contributed by atoms with Gasteiger partial charge in [-0.3, -0.25) is 5.32 Å². The van der Waals surface area contributed by atoms with Gasteiger partial charge >= 0.3 is 0 Å². The number of hydrogen-bond donors (Lipinski definition) is 2. The molecule has 3 nitrogen and oxygen atoms in total. The summed E-state index contributed by atoms with van der Waals surface area (Å²) in [5, 5.41) is 23.1. The lowest BCUT2D eigenvalue weighted by molar-refractivity contribution is 0.138. The minimum absolute atomic E-state index is 0.0375. The molecule has 0 aliphatic heterocycles. The van der Waals surface area contributed by atoms with E-state index in [0.717, 1.165) is 23.3 Å². The summed E-state index contributed by atoms with van der Waals surface area (Å²) < 4.78 is 0. The van der Waals surface area contributed by atoms with Crippen molar-refractivity contribution in [2.24, 2.45) is 23.2 Å². The largest absolute Gasteiger partial charge is 0.394 e. The van der Waals surface area contributed by atoms with E-state index in [0.29, 0.717) is 0 Å². The topological polar surface area (TPSA) is 56.0 Å². The number of nitriles is 1. The average molecular weight is 296 g/mol. The van der Waals surface area contributed by atoms with E-state index in [1.807, 2.05) is 30.3 Å². The lowest BCUT2D eigenvalue weighted by Gasteiger charge is -2.38. The van der Waals surface area contributed by atoms with Crippen LogP contribution in [0.4, 0.5) is 0 Å². The van der Waals surface area contributed by atoms with E-state index in [2.05, 4.69) is 11.4 Å². The Hall–Kier alpha value is -1.37. The van der Waals surface area contributed by atoms with Crippen molar-refractivity contribution in [1.82, 2.24) is 5.32 Å². The first-order valence-corrected chi connectivity index (χ1v) is 8.56. The van der Waals surface area contributed by atoms with Crippen LogP contribution in [-0.2, 0) is 0 Å². The summed E-state index contributed by atoms with van der Waals surface area (Å²) in [5.41, 5.74) is 1.24. The molecule has 2 unspecified atom stereocenters. The summed E-state index contributed by atoms with van der Waals surface area (Å²) in [7, 11) is 0. The van der Waals surface area contributed by atoms with Gasteiger partial charge in [0.15, 0.2) is 0 Å². The number of hydrogen-bond acceptors (Lipinski definition) is 3. The zero-order chi connectivity index (χ0) is 15.2. The molecule has 4 aliphatic carbocycles. The van der Waals surface area contributed by atoms with E-state index >= 15 is 0 Å². The Morgan fingerprint density at radius 2 is 1.86 bits per heavy atom. The van der Waals surface area contributed by atoms with Gasteiger partial charge in [0.2, 0.25) is 0 Å². The van der Waals surface area contributed by atoms with E-state index in [-0.39, 0.29) is 24.1 Å². The maximum absolute atomic E-state index is 9.83. The smallest absolute Gasteiger partial charge is 0.102 e. The molecule has 4 saturated carbocycles. The number of nitrogens with zero attached hydrogens (tertiary/aromatic N) is 1. The van der Waals surface area contributed by atoms with Crippen LogP contribution in [0.1, 0.15) is 43.7 Å². The molecule has 0 saturated heterocycles. The first-order valence-electron chi connectivity index (χ1n) is 8.56. The van der Waals surface area contributed by atoms with Crippen molar-refractivity contribution >= 4 is 0 Å². The minimum Gasteiger partial charge on any atom is -0.394 e. The molecular formula is C19H24N2O. The zero-order valence-electron chi connectivity index (χ0n) is 12.9. The first-order chi connectivity index (χ1) is 10.7. The highest BCUT2D eigenvalue weighted by Crippen LogP contribution is 2.66. The fourth-order valence-electron chi connectivity index (χ4n) is 5.80. The van der Waals surface area contributed by atoms with Crippen molar-refractivity contribution in [2.75, 3.05) is 6.61 Å². The second kappa shape index (κ2) is 5.37. The van der Waals surface area contributed by atoms with E-state index in [1.165, 1.54) is 32.1 Å². The molecule has 5 rings (SSSR count). The van der Waals surface area contributed by atoms with Crippen LogP contribution in [-0.4, -0.2) is 17.8 Å². The van der Waals surface area contributed by atoms with E-state index in [4.69, 9.17) is 0 Å². The summed E-state index contributed by atoms with van der Waals surface area (Å²) in [6, 6.07) is 12.3. The standard InChI is InChI=1S/C19H24N2O/c20-11-18(21-17(12-22)15-4-2-1-3-5-15)19-9-13-6-14(10-19)8-16(19)7-13/h1-5,13-14,16-18,21-22H,6-10,12H2/t13?,14?,16?,17-,18-,19?/m1/s1. The van der Waals surface area contributed by atoms with E-state index in [9.17, 15) is 10.4 Å². The monoisotopic (exact) mass is 296 g/mol. The third kappa shape index (κ3) is 2.09. The number of aliphatic hydroxyl groups is 1. The maximum atomic E-state index is 9.83. The van der Waals surface area contributed by atoms with E-state index in [1.54, 1.807) is 0 Å². The highest BCUT2D eigenvalue weighted by Gasteiger charge is 2.61. The van der Waals surface area contributed by atoms with Gasteiger partial charge in [-0.05, 0) is 55.4 Å². The van der Waals surface area contributed by atoms with Crippen LogP contribution >= 0.6 is 0 Å². The number of benzene rings is 1. The predicted molar refractivity (Wildman–Crippen MR) is 84.8 cm³/mol. The Labute approximate surface area is 132 Å². The molecular weight excluding hydrogens is 272 g/mol. The maximum Gasteiger partial charge on any atom is 0.102 e. The summed E-state index contributed by atoms with van der Waals surface area (Å²) >= 11 is 0. The van der Waals surface area contributed by atoms with Gasteiger partial charge in [0, 0.05) is 5.41 Å². The molecule has 1 aromatic rings. The molecule has 4 bridgehead atoms. The summed E-state index contributed by atoms with van der Waals surface area (Å²) in [6.07, 6.45) is 6.47. The van der Waals surface area contributed by atoms with Gasteiger partial charge in [0.05, 0.1) is 18.7 Å². The van der Waals surface area contributed by atoms with Crippen molar-refractivity contribution in [3.05, 3.63) is 35.9 Å². The molecule has 4 aliphatic rings. The Bertz CT molecular complexity index is 565. The Morgan fingerprint density at radius 1 is 1.18 bits per heavy atom. The molecule has 4 fully saturated rings. The molecule has 0 aromatic heterocycles. The van der Waals surface area contributed by atoms with Gasteiger partial charge in [0.25, 0.3) is 0 Å². The molecule has 3 heteroatoms. The molecule has 4 atom stereocenters. The lowest BCUT2D eigenvalue weighted by Crippen LogP contribution is -2.47. The summed E-state index contributed by atoms with van der Waals surface area (Å²) in [6.45, 7) is 0.0375. The normalized spacial score (nSPS) is 37.9. The van der Waals surface area contributed by atoms with Gasteiger partial charge < -0.3 is 5.11 Å². The molecule has 116 valence electrons. The zero-order valence-corrected chi connectivity index (χ0v) is 12.9. The fraction of sp³-hybridized carbons (Fsp3) is 0.632. The highest BCUT2D eigenvalue weighted by molar-refractivity contribution is 5.22. The van der Waals surface area contributed by atoms with Crippen LogP contribution in [0.15, 0.2) is 30.3 Å². The van der Waals surface area contributed by atoms with Crippen LogP contribution in [0, 0.1) is 34.5 Å². The number of rotatable bonds is 5. The Kier molecular flexibility index (Phi) is 3.47. The van der Waals surface area contributed by atoms with Gasteiger partial charge in [-0.15, -0.1) is 0 Å². The molecule has 0 amide bonds. The van der Waals surface area contributed by atoms with Gasteiger partial charge in [-0.25, -0.2) is 0 Å². The van der Waals surface area contributed by atoms with Crippen LogP contribution in [0.2, 0.25) is 0 Å². The van der Waals surface area contributed by atoms with Crippen molar-refractivity contribution in [1.29, 1.82) is 5.26 Å². The van der Waals surface area contributed by atoms with Crippen molar-refractivity contribution < 1.29 is 5.11 Å². The van der Waals surface area contributed by atoms with Crippen LogP contribution in [0.25, 0.3) is 0 Å². The van der Waals surface area contributed by atoms with Gasteiger partial charge in [-0.2, -0.15) is 5.26 Å². The predicted octanol–water partition coefficient (Wildman–Crippen LogP) is 3.03. The molecule has 0 spiro atoms. The first kappa shape index (κ1) is 14.2. The van der Waals surface area contributed by atoms with Crippen LogP contribution in [0.5, 0.6) is 0 Å².